The standard InChI is InChI=1S/C21H18ClF3N4O/c1-12-2-4-13(5-3-12)16-10-18(21(23,24)25)29-19(27-16)11-17(28-29)20(30)26-15-8-6-14(22)7-9-15/h2-9,11,16,18,27H,10H2,1H3,(H,26,30)/t16-,18+/m0/s1. The van der Waals surface area contributed by atoms with E-state index in [9.17, 15) is 18.0 Å². The van der Waals surface area contributed by atoms with Crippen molar-refractivity contribution in [2.75, 3.05) is 10.6 Å². The summed E-state index contributed by atoms with van der Waals surface area (Å²) >= 11 is 5.82. The number of hydrogen-bond donors (Lipinski definition) is 2. The summed E-state index contributed by atoms with van der Waals surface area (Å²) < 4.78 is 42.1. The van der Waals surface area contributed by atoms with Crippen molar-refractivity contribution >= 4 is 29.0 Å². The molecule has 156 valence electrons. The highest BCUT2D eigenvalue weighted by Gasteiger charge is 2.46. The number of carbonyl (C=O) groups excluding carboxylic acids is 1. The van der Waals surface area contributed by atoms with Gasteiger partial charge in [-0.25, -0.2) is 4.68 Å². The van der Waals surface area contributed by atoms with Gasteiger partial charge in [0.2, 0.25) is 0 Å². The minimum atomic E-state index is -4.50. The van der Waals surface area contributed by atoms with Crippen molar-refractivity contribution in [2.24, 2.45) is 0 Å². The van der Waals surface area contributed by atoms with Crippen LogP contribution in [0.1, 0.15) is 40.1 Å². The second kappa shape index (κ2) is 7.68. The molecule has 0 spiro atoms. The van der Waals surface area contributed by atoms with E-state index < -0.39 is 24.2 Å². The summed E-state index contributed by atoms with van der Waals surface area (Å²) in [6, 6.07) is 12.7. The van der Waals surface area contributed by atoms with E-state index in [0.29, 0.717) is 10.7 Å². The Kier molecular flexibility index (Phi) is 5.19. The van der Waals surface area contributed by atoms with Crippen LogP contribution in [0.25, 0.3) is 0 Å². The minimum Gasteiger partial charge on any atom is -0.363 e. The van der Waals surface area contributed by atoms with Gasteiger partial charge in [0.05, 0.1) is 6.04 Å². The van der Waals surface area contributed by atoms with Crippen LogP contribution in [0.4, 0.5) is 24.7 Å². The normalized spacial score (nSPS) is 18.4. The maximum Gasteiger partial charge on any atom is 0.410 e. The van der Waals surface area contributed by atoms with E-state index in [-0.39, 0.29) is 17.9 Å². The Hall–Kier alpha value is -3.00. The average molecular weight is 435 g/mol. The monoisotopic (exact) mass is 434 g/mol. The third-order valence-corrected chi connectivity index (χ3v) is 5.26. The van der Waals surface area contributed by atoms with Gasteiger partial charge >= 0.3 is 6.18 Å². The molecule has 1 aromatic heterocycles. The lowest BCUT2D eigenvalue weighted by Crippen LogP contribution is -2.35. The Bertz CT molecular complexity index is 1060. The van der Waals surface area contributed by atoms with Crippen LogP contribution in [0.3, 0.4) is 0 Å². The summed E-state index contributed by atoms with van der Waals surface area (Å²) in [5.41, 5.74) is 2.13. The fourth-order valence-corrected chi connectivity index (χ4v) is 3.56. The molecule has 0 bridgehead atoms. The molecule has 1 aliphatic heterocycles. The topological polar surface area (TPSA) is 59.0 Å². The predicted octanol–water partition coefficient (Wildman–Crippen LogP) is 5.76. The Morgan fingerprint density at radius 1 is 1.17 bits per heavy atom. The lowest BCUT2D eigenvalue weighted by molar-refractivity contribution is -0.173. The van der Waals surface area contributed by atoms with Crippen LogP contribution in [-0.2, 0) is 0 Å². The fourth-order valence-electron chi connectivity index (χ4n) is 3.43. The maximum absolute atomic E-state index is 13.8. The van der Waals surface area contributed by atoms with Crippen molar-refractivity contribution in [3.05, 3.63) is 76.4 Å². The number of anilines is 2. The van der Waals surface area contributed by atoms with Crippen LogP contribution >= 0.6 is 11.6 Å². The Morgan fingerprint density at radius 3 is 2.47 bits per heavy atom. The molecule has 1 aliphatic rings. The number of amides is 1. The molecule has 0 aliphatic carbocycles. The highest BCUT2D eigenvalue weighted by Crippen LogP contribution is 2.43. The lowest BCUT2D eigenvalue weighted by Gasteiger charge is -2.33. The van der Waals surface area contributed by atoms with E-state index >= 15 is 0 Å². The predicted molar refractivity (Wildman–Crippen MR) is 109 cm³/mol. The van der Waals surface area contributed by atoms with Crippen molar-refractivity contribution in [3.63, 3.8) is 0 Å². The molecule has 0 radical (unpaired) electrons. The second-order valence-corrected chi connectivity index (χ2v) is 7.66. The van der Waals surface area contributed by atoms with Crippen molar-refractivity contribution < 1.29 is 18.0 Å². The second-order valence-electron chi connectivity index (χ2n) is 7.22. The third-order valence-electron chi connectivity index (χ3n) is 5.00. The number of nitrogens with one attached hydrogen (secondary N) is 2. The molecule has 2 atom stereocenters. The van der Waals surface area contributed by atoms with Crippen LogP contribution in [0.15, 0.2) is 54.6 Å². The van der Waals surface area contributed by atoms with Gasteiger partial charge in [-0.15, -0.1) is 0 Å². The Morgan fingerprint density at radius 2 is 1.83 bits per heavy atom. The molecule has 30 heavy (non-hydrogen) atoms. The number of halogens is 4. The Balaban J connectivity index is 1.63. The average Bonchev–Trinajstić information content (AvgIpc) is 3.13. The zero-order chi connectivity index (χ0) is 21.5. The number of carbonyl (C=O) groups is 1. The highest BCUT2D eigenvalue weighted by atomic mass is 35.5. The van der Waals surface area contributed by atoms with Gasteiger partial charge in [0.1, 0.15) is 5.82 Å². The molecule has 0 saturated heterocycles. The zero-order valence-electron chi connectivity index (χ0n) is 15.9. The fraction of sp³-hybridized carbons (Fsp3) is 0.238. The number of hydrogen-bond acceptors (Lipinski definition) is 3. The molecule has 0 unspecified atom stereocenters. The summed E-state index contributed by atoms with van der Waals surface area (Å²) in [5.74, 6) is -0.454. The third kappa shape index (κ3) is 4.14. The first kappa shape index (κ1) is 20.3. The number of nitrogens with zero attached hydrogens (tertiary/aromatic N) is 2. The summed E-state index contributed by atoms with van der Waals surface area (Å²) in [7, 11) is 0. The molecular weight excluding hydrogens is 417 g/mol. The number of alkyl halides is 3. The van der Waals surface area contributed by atoms with Crippen LogP contribution in [-0.4, -0.2) is 21.9 Å². The number of fused-ring (bicyclic) bond motifs is 1. The number of benzene rings is 2. The van der Waals surface area contributed by atoms with E-state index in [4.69, 9.17) is 11.6 Å². The number of rotatable bonds is 3. The number of aryl methyl sites for hydroxylation is 1. The highest BCUT2D eigenvalue weighted by molar-refractivity contribution is 6.30. The SMILES string of the molecule is Cc1ccc([C@@H]2C[C@H](C(F)(F)F)n3nc(C(=O)Nc4ccc(Cl)cc4)cc3N2)cc1. The summed E-state index contributed by atoms with van der Waals surface area (Å²) in [5, 5.41) is 10.2. The van der Waals surface area contributed by atoms with Crippen molar-refractivity contribution in [3.8, 4) is 0 Å². The first-order valence-electron chi connectivity index (χ1n) is 9.27. The summed E-state index contributed by atoms with van der Waals surface area (Å²) in [6.45, 7) is 1.91. The van der Waals surface area contributed by atoms with Gasteiger partial charge in [-0.2, -0.15) is 18.3 Å². The molecule has 5 nitrogen and oxygen atoms in total. The van der Waals surface area contributed by atoms with Gasteiger partial charge in [-0.05, 0) is 36.8 Å². The quantitative estimate of drug-likeness (QED) is 0.551. The first-order chi connectivity index (χ1) is 14.2. The molecule has 4 rings (SSSR count). The molecule has 0 fully saturated rings. The van der Waals surface area contributed by atoms with Crippen LogP contribution in [0.2, 0.25) is 5.02 Å². The molecule has 2 heterocycles. The van der Waals surface area contributed by atoms with E-state index in [1.807, 2.05) is 19.1 Å². The number of aromatic nitrogens is 2. The largest absolute Gasteiger partial charge is 0.410 e. The van der Waals surface area contributed by atoms with Crippen LogP contribution in [0, 0.1) is 6.92 Å². The van der Waals surface area contributed by atoms with Gasteiger partial charge < -0.3 is 10.6 Å². The van der Waals surface area contributed by atoms with E-state index in [1.54, 1.807) is 36.4 Å². The van der Waals surface area contributed by atoms with Crippen molar-refractivity contribution in [1.82, 2.24) is 9.78 Å². The maximum atomic E-state index is 13.8. The molecule has 9 heteroatoms. The smallest absolute Gasteiger partial charge is 0.363 e. The van der Waals surface area contributed by atoms with Crippen LogP contribution < -0.4 is 10.6 Å². The van der Waals surface area contributed by atoms with Gasteiger partial charge in [0, 0.05) is 23.2 Å². The van der Waals surface area contributed by atoms with Gasteiger partial charge in [-0.3, -0.25) is 4.79 Å². The minimum absolute atomic E-state index is 0.105. The molecule has 3 aromatic rings. The molecule has 2 aromatic carbocycles. The summed E-state index contributed by atoms with van der Waals surface area (Å²) in [6.07, 6.45) is -4.73. The first-order valence-corrected chi connectivity index (χ1v) is 9.65. The molecule has 0 saturated carbocycles. The van der Waals surface area contributed by atoms with E-state index in [0.717, 1.165) is 15.8 Å². The van der Waals surface area contributed by atoms with E-state index in [1.165, 1.54) is 6.07 Å². The van der Waals surface area contributed by atoms with Crippen LogP contribution in [0.5, 0.6) is 0 Å². The Labute approximate surface area is 175 Å². The molecule has 2 N–H and O–H groups in total. The summed E-state index contributed by atoms with van der Waals surface area (Å²) in [4.78, 5) is 12.5. The van der Waals surface area contributed by atoms with Crippen molar-refractivity contribution in [2.45, 2.75) is 31.6 Å². The zero-order valence-corrected chi connectivity index (χ0v) is 16.6. The molecular formula is C21H18ClF3N4O. The van der Waals surface area contributed by atoms with Gasteiger partial charge in [0.15, 0.2) is 11.7 Å². The lowest BCUT2D eigenvalue weighted by atomic mass is 9.96. The molecule has 1 amide bonds. The van der Waals surface area contributed by atoms with Crippen molar-refractivity contribution in [1.29, 1.82) is 0 Å². The van der Waals surface area contributed by atoms with E-state index in [2.05, 4.69) is 15.7 Å². The van der Waals surface area contributed by atoms with Gasteiger partial charge in [0.25, 0.3) is 5.91 Å². The van der Waals surface area contributed by atoms with Gasteiger partial charge in [-0.1, -0.05) is 41.4 Å².